The minimum absolute atomic E-state index is 0.00811. The van der Waals surface area contributed by atoms with Crippen molar-refractivity contribution in [2.75, 3.05) is 27.4 Å². The summed E-state index contributed by atoms with van der Waals surface area (Å²) in [5.74, 6) is 1.92. The number of carbonyl (C=O) groups is 1. The molecule has 1 aliphatic heterocycles. The molecule has 1 unspecified atom stereocenters. The molecule has 0 saturated carbocycles. The summed E-state index contributed by atoms with van der Waals surface area (Å²) in [5, 5.41) is 4.16. The predicted octanol–water partition coefficient (Wildman–Crippen LogP) is 3.77. The minimum Gasteiger partial charge on any atom is -0.497 e. The van der Waals surface area contributed by atoms with E-state index in [2.05, 4.69) is 5.16 Å². The molecule has 0 spiro atoms. The van der Waals surface area contributed by atoms with Gasteiger partial charge in [0.25, 0.3) is 5.91 Å². The molecule has 1 amide bonds. The summed E-state index contributed by atoms with van der Waals surface area (Å²) >= 11 is 0. The number of hydrogen-bond donors (Lipinski definition) is 0. The Hall–Kier alpha value is -3.26. The summed E-state index contributed by atoms with van der Waals surface area (Å²) in [5.41, 5.74) is 1.34. The Labute approximate surface area is 174 Å². The van der Waals surface area contributed by atoms with E-state index in [0.717, 1.165) is 25.0 Å². The van der Waals surface area contributed by atoms with Crippen LogP contribution in [0.2, 0.25) is 0 Å². The third kappa shape index (κ3) is 4.33. The van der Waals surface area contributed by atoms with Gasteiger partial charge >= 0.3 is 0 Å². The van der Waals surface area contributed by atoms with Crippen LogP contribution >= 0.6 is 0 Å². The molecule has 158 valence electrons. The van der Waals surface area contributed by atoms with Gasteiger partial charge < -0.3 is 28.1 Å². The first-order valence-electron chi connectivity index (χ1n) is 9.80. The van der Waals surface area contributed by atoms with Crippen molar-refractivity contribution in [2.45, 2.75) is 25.5 Å². The summed E-state index contributed by atoms with van der Waals surface area (Å²) in [6.45, 7) is 1.45. The highest BCUT2D eigenvalue weighted by atomic mass is 16.5. The number of hydrogen-bond acceptors (Lipinski definition) is 7. The van der Waals surface area contributed by atoms with Crippen molar-refractivity contribution in [3.8, 4) is 22.8 Å². The normalized spacial score (nSPS) is 15.9. The monoisotopic (exact) mass is 412 g/mol. The van der Waals surface area contributed by atoms with Crippen molar-refractivity contribution < 1.29 is 27.9 Å². The molecule has 1 aliphatic rings. The zero-order valence-electron chi connectivity index (χ0n) is 17.0. The van der Waals surface area contributed by atoms with Crippen LogP contribution in [0.1, 0.15) is 29.1 Å². The molecule has 1 atom stereocenters. The Balaban J connectivity index is 1.57. The standard InChI is InChI=1S/C22H24N2O6/c1-26-16-7-8-19(27-2)18(12-16)21-11-15(23-30-21)13-24(14-17-5-3-9-28-17)22(25)20-6-4-10-29-20/h4,6-8,10-12,17H,3,5,9,13-14H2,1-2H3. The zero-order valence-corrected chi connectivity index (χ0v) is 17.0. The van der Waals surface area contributed by atoms with Crippen molar-refractivity contribution in [3.05, 3.63) is 54.1 Å². The van der Waals surface area contributed by atoms with E-state index in [4.69, 9.17) is 23.2 Å². The lowest BCUT2D eigenvalue weighted by atomic mass is 10.1. The maximum Gasteiger partial charge on any atom is 0.289 e. The molecule has 2 aromatic heterocycles. The smallest absolute Gasteiger partial charge is 0.289 e. The Morgan fingerprint density at radius 1 is 1.23 bits per heavy atom. The lowest BCUT2D eigenvalue weighted by Crippen LogP contribution is -2.36. The maximum absolute atomic E-state index is 12.9. The summed E-state index contributed by atoms with van der Waals surface area (Å²) < 4.78 is 27.3. The van der Waals surface area contributed by atoms with Crippen LogP contribution in [0, 0.1) is 0 Å². The molecule has 8 heteroatoms. The fourth-order valence-corrected chi connectivity index (χ4v) is 3.52. The van der Waals surface area contributed by atoms with E-state index in [0.29, 0.717) is 29.5 Å². The van der Waals surface area contributed by atoms with E-state index < -0.39 is 0 Å². The number of methoxy groups -OCH3 is 2. The van der Waals surface area contributed by atoms with Crippen LogP contribution in [0.15, 0.2) is 51.6 Å². The van der Waals surface area contributed by atoms with Crippen LogP contribution in [-0.2, 0) is 11.3 Å². The van der Waals surface area contributed by atoms with Crippen LogP contribution in [0.25, 0.3) is 11.3 Å². The van der Waals surface area contributed by atoms with E-state index in [-0.39, 0.29) is 24.3 Å². The van der Waals surface area contributed by atoms with Crippen molar-refractivity contribution in [3.63, 3.8) is 0 Å². The number of furan rings is 1. The van der Waals surface area contributed by atoms with E-state index in [1.54, 1.807) is 43.4 Å². The molecule has 0 aliphatic carbocycles. The quantitative estimate of drug-likeness (QED) is 0.556. The van der Waals surface area contributed by atoms with Gasteiger partial charge in [-0.05, 0) is 43.2 Å². The lowest BCUT2D eigenvalue weighted by molar-refractivity contribution is 0.0479. The molecular weight excluding hydrogens is 388 g/mol. The SMILES string of the molecule is COc1ccc(OC)c(-c2cc(CN(CC3CCCO3)C(=O)c3ccco3)no2)c1. The molecule has 4 rings (SSSR count). The summed E-state index contributed by atoms with van der Waals surface area (Å²) in [6, 6.07) is 10.6. The van der Waals surface area contributed by atoms with Gasteiger partial charge in [-0.2, -0.15) is 0 Å². The van der Waals surface area contributed by atoms with Crippen LogP contribution in [0.5, 0.6) is 11.5 Å². The molecule has 1 aromatic carbocycles. The average molecular weight is 412 g/mol. The molecule has 8 nitrogen and oxygen atoms in total. The van der Waals surface area contributed by atoms with Gasteiger partial charge in [-0.1, -0.05) is 5.16 Å². The number of rotatable bonds is 8. The fourth-order valence-electron chi connectivity index (χ4n) is 3.52. The molecule has 1 fully saturated rings. The largest absolute Gasteiger partial charge is 0.497 e. The third-order valence-electron chi connectivity index (χ3n) is 5.05. The molecule has 3 heterocycles. The molecule has 3 aromatic rings. The number of aromatic nitrogens is 1. The highest BCUT2D eigenvalue weighted by molar-refractivity contribution is 5.91. The molecule has 0 bridgehead atoms. The van der Waals surface area contributed by atoms with E-state index >= 15 is 0 Å². The zero-order chi connectivity index (χ0) is 20.9. The number of amides is 1. The summed E-state index contributed by atoms with van der Waals surface area (Å²) in [4.78, 5) is 14.6. The van der Waals surface area contributed by atoms with E-state index in [1.165, 1.54) is 6.26 Å². The highest BCUT2D eigenvalue weighted by Gasteiger charge is 2.26. The second kappa shape index (κ2) is 9.04. The van der Waals surface area contributed by atoms with Gasteiger partial charge in [0.05, 0.1) is 38.7 Å². The Morgan fingerprint density at radius 3 is 2.83 bits per heavy atom. The van der Waals surface area contributed by atoms with Crippen LogP contribution in [0.3, 0.4) is 0 Å². The highest BCUT2D eigenvalue weighted by Crippen LogP contribution is 2.34. The van der Waals surface area contributed by atoms with Crippen LogP contribution in [-0.4, -0.2) is 49.4 Å². The third-order valence-corrected chi connectivity index (χ3v) is 5.05. The number of carbonyl (C=O) groups excluding carboxylic acids is 1. The van der Waals surface area contributed by atoms with Crippen molar-refractivity contribution in [1.29, 1.82) is 0 Å². The minimum atomic E-state index is -0.209. The average Bonchev–Trinajstić information content (AvgIpc) is 3.55. The van der Waals surface area contributed by atoms with Gasteiger partial charge in [0.2, 0.25) is 0 Å². The number of ether oxygens (including phenoxy) is 3. The predicted molar refractivity (Wildman–Crippen MR) is 107 cm³/mol. The van der Waals surface area contributed by atoms with Crippen LogP contribution in [0.4, 0.5) is 0 Å². The number of nitrogens with zero attached hydrogens (tertiary/aromatic N) is 2. The number of benzene rings is 1. The maximum atomic E-state index is 12.9. The van der Waals surface area contributed by atoms with Crippen molar-refractivity contribution in [1.82, 2.24) is 10.1 Å². The van der Waals surface area contributed by atoms with Gasteiger partial charge in [-0.15, -0.1) is 0 Å². The first kappa shape index (κ1) is 20.0. The summed E-state index contributed by atoms with van der Waals surface area (Å²) in [6.07, 6.45) is 3.42. The van der Waals surface area contributed by atoms with E-state index in [9.17, 15) is 4.79 Å². The van der Waals surface area contributed by atoms with E-state index in [1.807, 2.05) is 12.1 Å². The van der Waals surface area contributed by atoms with Gasteiger partial charge in [0, 0.05) is 19.2 Å². The molecular formula is C22H24N2O6. The summed E-state index contributed by atoms with van der Waals surface area (Å²) in [7, 11) is 3.19. The Kier molecular flexibility index (Phi) is 6.04. The van der Waals surface area contributed by atoms with Gasteiger partial charge in [-0.3, -0.25) is 4.79 Å². The van der Waals surface area contributed by atoms with Gasteiger partial charge in [0.15, 0.2) is 11.5 Å². The Bertz CT molecular complexity index is 975. The van der Waals surface area contributed by atoms with Crippen molar-refractivity contribution >= 4 is 5.91 Å². The fraction of sp³-hybridized carbons (Fsp3) is 0.364. The Morgan fingerprint density at radius 2 is 2.13 bits per heavy atom. The first-order valence-corrected chi connectivity index (χ1v) is 9.80. The molecule has 1 saturated heterocycles. The molecule has 0 N–H and O–H groups in total. The lowest BCUT2D eigenvalue weighted by Gasteiger charge is -2.23. The van der Waals surface area contributed by atoms with Gasteiger partial charge in [0.1, 0.15) is 17.2 Å². The van der Waals surface area contributed by atoms with Crippen molar-refractivity contribution in [2.24, 2.45) is 0 Å². The van der Waals surface area contributed by atoms with Gasteiger partial charge in [-0.25, -0.2) is 0 Å². The molecule has 0 radical (unpaired) electrons. The second-order valence-electron chi connectivity index (χ2n) is 7.05. The molecule has 30 heavy (non-hydrogen) atoms. The first-order chi connectivity index (χ1) is 14.7. The second-order valence-corrected chi connectivity index (χ2v) is 7.05. The topological polar surface area (TPSA) is 87.2 Å². The van der Waals surface area contributed by atoms with Crippen LogP contribution < -0.4 is 9.47 Å².